The molecule has 0 saturated carbocycles. The Hall–Kier alpha value is -2.37. The molecule has 21 heavy (non-hydrogen) atoms. The molecule has 0 spiro atoms. The maximum absolute atomic E-state index is 13.6. The molecule has 0 bridgehead atoms. The molecule has 0 unspecified atom stereocenters. The fraction of sp³-hybridized carbons (Fsp3) is 0.267. The number of aromatic nitrogens is 1. The molecule has 0 radical (unpaired) electrons. The lowest BCUT2D eigenvalue weighted by atomic mass is 10.1. The average Bonchev–Trinajstić information content (AvgIpc) is 2.50. The summed E-state index contributed by atoms with van der Waals surface area (Å²) >= 11 is 0. The summed E-state index contributed by atoms with van der Waals surface area (Å²) in [7, 11) is 3.14. The lowest BCUT2D eigenvalue weighted by Crippen LogP contribution is -2.10. The van der Waals surface area contributed by atoms with Gasteiger partial charge in [0, 0.05) is 19.7 Å². The van der Waals surface area contributed by atoms with E-state index in [-0.39, 0.29) is 11.6 Å². The van der Waals surface area contributed by atoms with Crippen molar-refractivity contribution in [2.45, 2.75) is 6.42 Å². The van der Waals surface area contributed by atoms with Crippen LogP contribution in [0.2, 0.25) is 0 Å². The van der Waals surface area contributed by atoms with Gasteiger partial charge in [0.05, 0.1) is 7.11 Å². The lowest BCUT2D eigenvalue weighted by molar-refractivity contribution is 0.414. The van der Waals surface area contributed by atoms with Gasteiger partial charge in [-0.3, -0.25) is 0 Å². The second kappa shape index (κ2) is 6.88. The van der Waals surface area contributed by atoms with Gasteiger partial charge in [0.2, 0.25) is 0 Å². The van der Waals surface area contributed by atoms with E-state index in [0.717, 1.165) is 17.4 Å². The summed E-state index contributed by atoms with van der Waals surface area (Å²) in [5.41, 5.74) is 1.08. The van der Waals surface area contributed by atoms with Crippen molar-refractivity contribution >= 4 is 11.6 Å². The third-order valence-electron chi connectivity index (χ3n) is 3.03. The zero-order valence-corrected chi connectivity index (χ0v) is 11.9. The maximum atomic E-state index is 13.6. The normalized spacial score (nSPS) is 10.3. The number of anilines is 2. The second-order valence-corrected chi connectivity index (χ2v) is 4.42. The van der Waals surface area contributed by atoms with Crippen LogP contribution in [0.4, 0.5) is 20.4 Å². The predicted molar refractivity (Wildman–Crippen MR) is 78.9 cm³/mol. The lowest BCUT2D eigenvalue weighted by Gasteiger charge is -2.09. The van der Waals surface area contributed by atoms with E-state index in [1.54, 1.807) is 7.11 Å². The van der Waals surface area contributed by atoms with Crippen molar-refractivity contribution in [2.24, 2.45) is 0 Å². The van der Waals surface area contributed by atoms with E-state index >= 15 is 0 Å². The van der Waals surface area contributed by atoms with Crippen molar-refractivity contribution in [2.75, 3.05) is 31.3 Å². The monoisotopic (exact) mass is 293 g/mol. The number of nitrogens with zero attached hydrogens (tertiary/aromatic N) is 1. The minimum Gasteiger partial charge on any atom is -0.497 e. The first-order chi connectivity index (χ1) is 10.1. The van der Waals surface area contributed by atoms with Crippen LogP contribution in [0.3, 0.4) is 0 Å². The van der Waals surface area contributed by atoms with Gasteiger partial charge in [-0.1, -0.05) is 12.1 Å². The molecule has 2 rings (SSSR count). The Bertz CT molecular complexity index is 603. The number of methoxy groups -OCH3 is 1. The molecule has 0 saturated heterocycles. The van der Waals surface area contributed by atoms with Gasteiger partial charge < -0.3 is 15.4 Å². The zero-order valence-electron chi connectivity index (χ0n) is 11.9. The molecule has 0 aliphatic rings. The van der Waals surface area contributed by atoms with Crippen LogP contribution in [0.25, 0.3) is 0 Å². The number of ether oxygens (including phenoxy) is 1. The molecule has 0 atom stereocenters. The highest BCUT2D eigenvalue weighted by molar-refractivity contribution is 5.47. The zero-order chi connectivity index (χ0) is 15.2. The average molecular weight is 293 g/mol. The van der Waals surface area contributed by atoms with Crippen molar-refractivity contribution in [1.82, 2.24) is 4.98 Å². The third-order valence-corrected chi connectivity index (χ3v) is 3.03. The van der Waals surface area contributed by atoms with Gasteiger partial charge in [-0.25, -0.2) is 13.8 Å². The molecule has 6 heteroatoms. The summed E-state index contributed by atoms with van der Waals surface area (Å²) in [4.78, 5) is 3.86. The molecule has 0 fully saturated rings. The van der Waals surface area contributed by atoms with E-state index in [2.05, 4.69) is 15.6 Å². The van der Waals surface area contributed by atoms with Crippen molar-refractivity contribution in [3.8, 4) is 5.75 Å². The van der Waals surface area contributed by atoms with Crippen LogP contribution in [0.15, 0.2) is 30.3 Å². The molecule has 0 amide bonds. The van der Waals surface area contributed by atoms with Crippen molar-refractivity contribution in [1.29, 1.82) is 0 Å². The van der Waals surface area contributed by atoms with Crippen LogP contribution in [-0.4, -0.2) is 25.7 Å². The summed E-state index contributed by atoms with van der Waals surface area (Å²) in [5.74, 6) is -0.578. The molecule has 1 heterocycles. The minimum atomic E-state index is -0.712. The Balaban J connectivity index is 1.96. The summed E-state index contributed by atoms with van der Waals surface area (Å²) in [6.45, 7) is 0.491. The van der Waals surface area contributed by atoms with E-state index in [4.69, 9.17) is 4.74 Å². The standard InChI is InChI=1S/C15H17F2N3O/c1-18-14-12(16)9-13(17)15(20-14)19-8-7-10-3-5-11(21-2)6-4-10/h3-6,9H,7-8H2,1-2H3,(H2,18,19,20). The Morgan fingerprint density at radius 2 is 1.76 bits per heavy atom. The Kier molecular flexibility index (Phi) is 4.92. The summed E-state index contributed by atoms with van der Waals surface area (Å²) in [6, 6.07) is 8.42. The van der Waals surface area contributed by atoms with Crippen molar-refractivity contribution in [3.63, 3.8) is 0 Å². The third kappa shape index (κ3) is 3.81. The first-order valence-electron chi connectivity index (χ1n) is 6.54. The number of hydrogen-bond donors (Lipinski definition) is 2. The number of benzene rings is 1. The highest BCUT2D eigenvalue weighted by Gasteiger charge is 2.10. The Morgan fingerprint density at radius 3 is 2.38 bits per heavy atom. The smallest absolute Gasteiger partial charge is 0.168 e. The van der Waals surface area contributed by atoms with Crippen molar-refractivity contribution < 1.29 is 13.5 Å². The fourth-order valence-corrected chi connectivity index (χ4v) is 1.88. The fourth-order valence-electron chi connectivity index (χ4n) is 1.88. The number of nitrogens with one attached hydrogen (secondary N) is 2. The van der Waals surface area contributed by atoms with Crippen LogP contribution in [0.1, 0.15) is 5.56 Å². The number of hydrogen-bond acceptors (Lipinski definition) is 4. The van der Waals surface area contributed by atoms with Crippen LogP contribution in [-0.2, 0) is 6.42 Å². The highest BCUT2D eigenvalue weighted by Crippen LogP contribution is 2.18. The summed E-state index contributed by atoms with van der Waals surface area (Å²) in [6.07, 6.45) is 0.692. The van der Waals surface area contributed by atoms with E-state index in [1.165, 1.54) is 7.05 Å². The molecule has 112 valence electrons. The van der Waals surface area contributed by atoms with Crippen LogP contribution in [0.5, 0.6) is 5.75 Å². The number of rotatable bonds is 6. The van der Waals surface area contributed by atoms with Gasteiger partial charge in [-0.15, -0.1) is 0 Å². The maximum Gasteiger partial charge on any atom is 0.168 e. The first-order valence-corrected chi connectivity index (χ1v) is 6.54. The van der Waals surface area contributed by atoms with Gasteiger partial charge >= 0.3 is 0 Å². The van der Waals surface area contributed by atoms with Gasteiger partial charge in [0.15, 0.2) is 23.3 Å². The first kappa shape index (κ1) is 15.0. The van der Waals surface area contributed by atoms with Crippen LogP contribution < -0.4 is 15.4 Å². The SMILES string of the molecule is CNc1nc(NCCc2ccc(OC)cc2)c(F)cc1F. The molecule has 0 aliphatic carbocycles. The van der Waals surface area contributed by atoms with Gasteiger partial charge in [0.1, 0.15) is 5.75 Å². The predicted octanol–water partition coefficient (Wildman–Crippen LogP) is 3.06. The van der Waals surface area contributed by atoms with Gasteiger partial charge in [-0.05, 0) is 24.1 Å². The Morgan fingerprint density at radius 1 is 1.10 bits per heavy atom. The van der Waals surface area contributed by atoms with E-state index in [0.29, 0.717) is 13.0 Å². The molecular formula is C15H17F2N3O. The number of pyridine rings is 1. The van der Waals surface area contributed by atoms with Gasteiger partial charge in [0.25, 0.3) is 0 Å². The topological polar surface area (TPSA) is 46.2 Å². The molecule has 1 aromatic carbocycles. The highest BCUT2D eigenvalue weighted by atomic mass is 19.1. The van der Waals surface area contributed by atoms with Gasteiger partial charge in [-0.2, -0.15) is 0 Å². The molecule has 2 N–H and O–H groups in total. The summed E-state index contributed by atoms with van der Waals surface area (Å²) in [5, 5.41) is 5.44. The molecule has 2 aromatic rings. The Labute approximate surface area is 122 Å². The quantitative estimate of drug-likeness (QED) is 0.859. The second-order valence-electron chi connectivity index (χ2n) is 4.42. The molecule has 1 aromatic heterocycles. The van der Waals surface area contributed by atoms with Crippen LogP contribution >= 0.6 is 0 Å². The van der Waals surface area contributed by atoms with Crippen molar-refractivity contribution in [3.05, 3.63) is 47.5 Å². The molecule has 4 nitrogen and oxygen atoms in total. The van der Waals surface area contributed by atoms with E-state index < -0.39 is 11.6 Å². The van der Waals surface area contributed by atoms with E-state index in [1.807, 2.05) is 24.3 Å². The van der Waals surface area contributed by atoms with Crippen LogP contribution in [0, 0.1) is 11.6 Å². The number of halogens is 2. The minimum absolute atomic E-state index is 0.0170. The van der Waals surface area contributed by atoms with E-state index in [9.17, 15) is 8.78 Å². The largest absolute Gasteiger partial charge is 0.497 e. The summed E-state index contributed by atoms with van der Waals surface area (Å²) < 4.78 is 31.9. The molecule has 0 aliphatic heterocycles. The molecular weight excluding hydrogens is 276 g/mol.